The fourth-order valence-electron chi connectivity index (χ4n) is 3.45. The van der Waals surface area contributed by atoms with Gasteiger partial charge in [0, 0.05) is 62.9 Å². The topological polar surface area (TPSA) is 52.6 Å². The van der Waals surface area contributed by atoms with Gasteiger partial charge in [-0.2, -0.15) is 11.8 Å². The van der Waals surface area contributed by atoms with Crippen LogP contribution >= 0.6 is 11.8 Å². The zero-order valence-corrected chi connectivity index (χ0v) is 16.2. The van der Waals surface area contributed by atoms with Gasteiger partial charge < -0.3 is 14.7 Å². The number of carbonyl (C=O) groups excluding carboxylic acids is 1. The summed E-state index contributed by atoms with van der Waals surface area (Å²) in [5.41, 5.74) is -0.0952. The number of halogens is 2. The minimum Gasteiger partial charge on any atom is -0.355 e. The molecule has 2 aliphatic heterocycles. The molecular formula is C19H21F2N5OS. The summed E-state index contributed by atoms with van der Waals surface area (Å²) >= 11 is 1.95. The van der Waals surface area contributed by atoms with E-state index in [9.17, 15) is 13.6 Å². The van der Waals surface area contributed by atoms with Crippen LogP contribution in [0.15, 0.2) is 30.6 Å². The Morgan fingerprint density at radius 1 is 0.893 bits per heavy atom. The van der Waals surface area contributed by atoms with Crippen LogP contribution in [0.3, 0.4) is 0 Å². The summed E-state index contributed by atoms with van der Waals surface area (Å²) in [6.45, 7) is 4.06. The molecule has 0 bridgehead atoms. The van der Waals surface area contributed by atoms with E-state index >= 15 is 0 Å². The van der Waals surface area contributed by atoms with Gasteiger partial charge in [0.15, 0.2) is 0 Å². The lowest BCUT2D eigenvalue weighted by molar-refractivity contribution is 0.0741. The molecule has 0 spiro atoms. The molecule has 0 radical (unpaired) electrons. The van der Waals surface area contributed by atoms with Gasteiger partial charge in [-0.05, 0) is 12.1 Å². The average molecular weight is 405 g/mol. The Morgan fingerprint density at radius 2 is 1.54 bits per heavy atom. The highest BCUT2D eigenvalue weighted by molar-refractivity contribution is 7.99. The van der Waals surface area contributed by atoms with Crippen molar-refractivity contribution < 1.29 is 13.6 Å². The lowest BCUT2D eigenvalue weighted by Crippen LogP contribution is -2.49. The van der Waals surface area contributed by atoms with Crippen molar-refractivity contribution in [3.63, 3.8) is 0 Å². The number of thioether (sulfide) groups is 1. The van der Waals surface area contributed by atoms with Crippen LogP contribution in [0.25, 0.3) is 0 Å². The Morgan fingerprint density at radius 3 is 2.18 bits per heavy atom. The molecule has 0 atom stereocenters. The predicted molar refractivity (Wildman–Crippen MR) is 106 cm³/mol. The number of hydrogen-bond donors (Lipinski definition) is 0. The SMILES string of the molecule is O=C(c1ccc(F)cc1F)N1CCN(c2cc(N3CCSCC3)ncn2)CC1. The second-order valence-corrected chi connectivity index (χ2v) is 7.96. The fraction of sp³-hybridized carbons (Fsp3) is 0.421. The number of piperazine rings is 1. The van der Waals surface area contributed by atoms with E-state index in [1.165, 1.54) is 6.07 Å². The first-order chi connectivity index (χ1) is 13.6. The van der Waals surface area contributed by atoms with Crippen molar-refractivity contribution in [2.45, 2.75) is 0 Å². The molecule has 9 heteroatoms. The van der Waals surface area contributed by atoms with Gasteiger partial charge in [0.25, 0.3) is 5.91 Å². The maximum Gasteiger partial charge on any atom is 0.256 e. The third kappa shape index (κ3) is 4.04. The van der Waals surface area contributed by atoms with E-state index in [4.69, 9.17) is 0 Å². The summed E-state index contributed by atoms with van der Waals surface area (Å²) in [6.07, 6.45) is 1.58. The molecule has 3 heterocycles. The van der Waals surface area contributed by atoms with Gasteiger partial charge in [-0.3, -0.25) is 4.79 Å². The molecule has 148 valence electrons. The van der Waals surface area contributed by atoms with Gasteiger partial charge in [0.05, 0.1) is 5.56 Å². The van der Waals surface area contributed by atoms with Gasteiger partial charge in [0.2, 0.25) is 0 Å². The van der Waals surface area contributed by atoms with Crippen LogP contribution in [-0.2, 0) is 0 Å². The van der Waals surface area contributed by atoms with Gasteiger partial charge >= 0.3 is 0 Å². The number of hydrogen-bond acceptors (Lipinski definition) is 6. The monoisotopic (exact) mass is 405 g/mol. The molecule has 2 aromatic rings. The fourth-order valence-corrected chi connectivity index (χ4v) is 4.35. The van der Waals surface area contributed by atoms with Crippen molar-refractivity contribution in [1.82, 2.24) is 14.9 Å². The lowest BCUT2D eigenvalue weighted by Gasteiger charge is -2.36. The zero-order valence-electron chi connectivity index (χ0n) is 15.4. The molecule has 28 heavy (non-hydrogen) atoms. The van der Waals surface area contributed by atoms with Crippen molar-refractivity contribution in [2.75, 3.05) is 60.6 Å². The summed E-state index contributed by atoms with van der Waals surface area (Å²) in [7, 11) is 0. The second-order valence-electron chi connectivity index (χ2n) is 6.74. The maximum atomic E-state index is 13.9. The summed E-state index contributed by atoms with van der Waals surface area (Å²) in [5, 5.41) is 0. The Hall–Kier alpha value is -2.42. The van der Waals surface area contributed by atoms with Crippen LogP contribution < -0.4 is 9.80 Å². The van der Waals surface area contributed by atoms with E-state index in [1.807, 2.05) is 17.8 Å². The second kappa shape index (κ2) is 8.30. The lowest BCUT2D eigenvalue weighted by atomic mass is 10.1. The number of rotatable bonds is 3. The average Bonchev–Trinajstić information content (AvgIpc) is 2.74. The maximum absolute atomic E-state index is 13.9. The minimum atomic E-state index is -0.826. The molecule has 1 aromatic heterocycles. The summed E-state index contributed by atoms with van der Waals surface area (Å²) in [6, 6.07) is 5.04. The largest absolute Gasteiger partial charge is 0.355 e. The van der Waals surface area contributed by atoms with E-state index in [0.29, 0.717) is 26.2 Å². The molecule has 2 saturated heterocycles. The van der Waals surface area contributed by atoms with Crippen molar-refractivity contribution >= 4 is 29.3 Å². The van der Waals surface area contributed by atoms with E-state index < -0.39 is 17.5 Å². The number of benzene rings is 1. The normalized spacial score (nSPS) is 17.7. The highest BCUT2D eigenvalue weighted by Gasteiger charge is 2.25. The molecule has 0 saturated carbocycles. The quantitative estimate of drug-likeness (QED) is 0.781. The molecule has 1 aromatic carbocycles. The zero-order chi connectivity index (χ0) is 19.5. The Bertz CT molecular complexity index is 854. The first-order valence-corrected chi connectivity index (χ1v) is 10.4. The van der Waals surface area contributed by atoms with Crippen molar-refractivity contribution in [3.05, 3.63) is 47.8 Å². The first-order valence-electron chi connectivity index (χ1n) is 9.26. The van der Waals surface area contributed by atoms with E-state index in [2.05, 4.69) is 19.8 Å². The van der Waals surface area contributed by atoms with E-state index in [0.717, 1.165) is 48.4 Å². The Labute approximate surface area is 166 Å². The molecule has 0 N–H and O–H groups in total. The molecule has 1 amide bonds. The molecule has 2 fully saturated rings. The van der Waals surface area contributed by atoms with Crippen LogP contribution in [0.1, 0.15) is 10.4 Å². The van der Waals surface area contributed by atoms with E-state index in [-0.39, 0.29) is 5.56 Å². The summed E-state index contributed by atoms with van der Waals surface area (Å²) in [4.78, 5) is 27.3. The smallest absolute Gasteiger partial charge is 0.256 e. The van der Waals surface area contributed by atoms with Crippen LogP contribution in [0.4, 0.5) is 20.4 Å². The van der Waals surface area contributed by atoms with Crippen LogP contribution in [0, 0.1) is 11.6 Å². The van der Waals surface area contributed by atoms with Gasteiger partial charge in [-0.1, -0.05) is 0 Å². The highest BCUT2D eigenvalue weighted by Crippen LogP contribution is 2.22. The van der Waals surface area contributed by atoms with Gasteiger partial charge in [0.1, 0.15) is 29.6 Å². The third-order valence-corrected chi connectivity index (χ3v) is 5.97. The molecular weight excluding hydrogens is 384 g/mol. The van der Waals surface area contributed by atoms with Crippen molar-refractivity contribution in [2.24, 2.45) is 0 Å². The number of nitrogens with zero attached hydrogens (tertiary/aromatic N) is 5. The number of anilines is 2. The van der Waals surface area contributed by atoms with Gasteiger partial charge in [-0.25, -0.2) is 18.7 Å². The minimum absolute atomic E-state index is 0.0952. The molecule has 2 aliphatic rings. The molecule has 4 rings (SSSR count). The van der Waals surface area contributed by atoms with Crippen molar-refractivity contribution in [3.8, 4) is 0 Å². The highest BCUT2D eigenvalue weighted by atomic mass is 32.2. The van der Waals surface area contributed by atoms with Crippen LogP contribution in [0.2, 0.25) is 0 Å². The van der Waals surface area contributed by atoms with Crippen molar-refractivity contribution in [1.29, 1.82) is 0 Å². The molecule has 0 aliphatic carbocycles. The summed E-state index contributed by atoms with van der Waals surface area (Å²) in [5.74, 6) is 2.03. The Kier molecular flexibility index (Phi) is 5.61. The number of carbonyl (C=O) groups is 1. The molecule has 0 unspecified atom stereocenters. The van der Waals surface area contributed by atoms with Gasteiger partial charge in [-0.15, -0.1) is 0 Å². The standard InChI is InChI=1S/C19H21F2N5OS/c20-14-1-2-15(16(21)11-14)19(27)26-5-3-24(4-6-26)17-12-18(23-13-22-17)25-7-9-28-10-8-25/h1-2,11-13H,3-10H2. The van der Waals surface area contributed by atoms with Crippen LogP contribution in [-0.4, -0.2) is 71.5 Å². The van der Waals surface area contributed by atoms with Crippen LogP contribution in [0.5, 0.6) is 0 Å². The van der Waals surface area contributed by atoms with E-state index in [1.54, 1.807) is 11.2 Å². The predicted octanol–water partition coefficient (Wildman–Crippen LogP) is 2.27. The third-order valence-electron chi connectivity index (χ3n) is 5.03. The first kappa shape index (κ1) is 18.9. The number of aromatic nitrogens is 2. The number of amides is 1. The molecule has 6 nitrogen and oxygen atoms in total. The summed E-state index contributed by atoms with van der Waals surface area (Å²) < 4.78 is 27.0. The Balaban J connectivity index is 1.40.